The van der Waals surface area contributed by atoms with Gasteiger partial charge in [0.15, 0.2) is 0 Å². The quantitative estimate of drug-likeness (QED) is 0.465. The van der Waals surface area contributed by atoms with Gasteiger partial charge in [-0.25, -0.2) is 0 Å². The van der Waals surface area contributed by atoms with Gasteiger partial charge >= 0.3 is 0 Å². The van der Waals surface area contributed by atoms with Crippen LogP contribution in [0.5, 0.6) is 5.75 Å². The first kappa shape index (κ1) is 12.8. The lowest BCUT2D eigenvalue weighted by Crippen LogP contribution is -1.87. The van der Waals surface area contributed by atoms with Crippen molar-refractivity contribution in [2.45, 2.75) is 38.5 Å². The third-order valence-electron chi connectivity index (χ3n) is 2.78. The van der Waals surface area contributed by atoms with E-state index in [-0.39, 0.29) is 0 Å². The number of hydrogen-bond acceptors (Lipinski definition) is 1. The number of allylic oxidation sites excluding steroid dienone is 1. The molecule has 0 unspecified atom stereocenters. The smallest absolute Gasteiger partial charge is 0.118 e. The maximum Gasteiger partial charge on any atom is 0.118 e. The molecule has 0 heterocycles. The Balaban J connectivity index is 2.14. The van der Waals surface area contributed by atoms with Gasteiger partial charge in [-0.15, -0.1) is 6.58 Å². The maximum absolute atomic E-state index is 5.13. The summed E-state index contributed by atoms with van der Waals surface area (Å²) in [5, 5.41) is 0. The number of ether oxygens (including phenoxy) is 1. The number of unbranched alkanes of at least 4 members (excludes halogenated alkanes) is 4. The molecule has 0 bridgehead atoms. The molecule has 0 fully saturated rings. The average molecular weight is 218 g/mol. The molecule has 0 radical (unpaired) electrons. The average Bonchev–Trinajstić information content (AvgIpc) is 2.34. The first-order valence-electron chi connectivity index (χ1n) is 6.10. The van der Waals surface area contributed by atoms with Gasteiger partial charge in [0.05, 0.1) is 7.11 Å². The van der Waals surface area contributed by atoms with Crippen LogP contribution in [0.1, 0.15) is 37.7 Å². The van der Waals surface area contributed by atoms with Crippen molar-refractivity contribution in [1.29, 1.82) is 0 Å². The second kappa shape index (κ2) is 7.98. The number of benzene rings is 1. The van der Waals surface area contributed by atoms with Crippen LogP contribution in [0.4, 0.5) is 0 Å². The zero-order chi connectivity index (χ0) is 11.6. The van der Waals surface area contributed by atoms with Crippen molar-refractivity contribution in [2.24, 2.45) is 0 Å². The summed E-state index contributed by atoms with van der Waals surface area (Å²) in [6, 6.07) is 8.38. The van der Waals surface area contributed by atoms with Crippen molar-refractivity contribution in [2.75, 3.05) is 7.11 Å². The van der Waals surface area contributed by atoms with E-state index in [0.717, 1.165) is 12.2 Å². The molecule has 1 aromatic carbocycles. The van der Waals surface area contributed by atoms with Gasteiger partial charge in [-0.05, 0) is 43.4 Å². The van der Waals surface area contributed by atoms with E-state index in [4.69, 9.17) is 4.74 Å². The lowest BCUT2D eigenvalue weighted by atomic mass is 10.1. The van der Waals surface area contributed by atoms with Crippen LogP contribution >= 0.6 is 0 Å². The minimum atomic E-state index is 0.940. The van der Waals surface area contributed by atoms with Crippen molar-refractivity contribution in [1.82, 2.24) is 0 Å². The fourth-order valence-corrected chi connectivity index (χ4v) is 1.76. The van der Waals surface area contributed by atoms with Gasteiger partial charge in [-0.2, -0.15) is 0 Å². The minimum absolute atomic E-state index is 0.940. The van der Waals surface area contributed by atoms with Crippen LogP contribution in [0.25, 0.3) is 0 Å². The number of methoxy groups -OCH3 is 1. The molecule has 1 rings (SSSR count). The highest BCUT2D eigenvalue weighted by molar-refractivity contribution is 5.27. The fraction of sp³-hybridized carbons (Fsp3) is 0.467. The van der Waals surface area contributed by atoms with E-state index in [1.165, 1.54) is 37.7 Å². The SMILES string of the molecule is C=CCCCCCCc1ccc(OC)cc1. The molecule has 0 saturated heterocycles. The molecule has 0 saturated carbocycles. The van der Waals surface area contributed by atoms with Crippen molar-refractivity contribution < 1.29 is 4.74 Å². The van der Waals surface area contributed by atoms with E-state index in [0.29, 0.717) is 0 Å². The van der Waals surface area contributed by atoms with E-state index < -0.39 is 0 Å². The highest BCUT2D eigenvalue weighted by Crippen LogP contribution is 2.14. The molecule has 0 aliphatic rings. The largest absolute Gasteiger partial charge is 0.497 e. The van der Waals surface area contributed by atoms with Gasteiger partial charge in [0.1, 0.15) is 5.75 Å². The molecule has 0 aliphatic carbocycles. The molecule has 16 heavy (non-hydrogen) atoms. The number of aryl methyl sites for hydroxylation is 1. The Hall–Kier alpha value is -1.24. The molecule has 0 aliphatic heterocycles. The summed E-state index contributed by atoms with van der Waals surface area (Å²) in [6.45, 7) is 3.73. The fourth-order valence-electron chi connectivity index (χ4n) is 1.76. The second-order valence-electron chi connectivity index (χ2n) is 4.09. The summed E-state index contributed by atoms with van der Waals surface area (Å²) in [4.78, 5) is 0. The van der Waals surface area contributed by atoms with E-state index in [2.05, 4.69) is 18.7 Å². The van der Waals surface area contributed by atoms with Crippen LogP contribution < -0.4 is 4.74 Å². The van der Waals surface area contributed by atoms with Gasteiger partial charge in [0.25, 0.3) is 0 Å². The monoisotopic (exact) mass is 218 g/mol. The van der Waals surface area contributed by atoms with Crippen LogP contribution in [0.3, 0.4) is 0 Å². The standard InChI is InChI=1S/C15H22O/c1-3-4-5-6-7-8-9-14-10-12-15(16-2)13-11-14/h3,10-13H,1,4-9H2,2H3. The second-order valence-corrected chi connectivity index (χ2v) is 4.09. The summed E-state index contributed by atoms with van der Waals surface area (Å²) in [5.41, 5.74) is 1.41. The van der Waals surface area contributed by atoms with E-state index >= 15 is 0 Å². The summed E-state index contributed by atoms with van der Waals surface area (Å²) in [6.07, 6.45) is 9.54. The van der Waals surface area contributed by atoms with Gasteiger partial charge in [0.2, 0.25) is 0 Å². The first-order chi connectivity index (χ1) is 7.86. The van der Waals surface area contributed by atoms with Gasteiger partial charge in [0, 0.05) is 0 Å². The van der Waals surface area contributed by atoms with Crippen molar-refractivity contribution in [3.05, 3.63) is 42.5 Å². The predicted molar refractivity (Wildman–Crippen MR) is 70.0 cm³/mol. The van der Waals surface area contributed by atoms with Crippen LogP contribution in [0, 0.1) is 0 Å². The van der Waals surface area contributed by atoms with Crippen LogP contribution in [0.15, 0.2) is 36.9 Å². The lowest BCUT2D eigenvalue weighted by Gasteiger charge is -2.03. The Kier molecular flexibility index (Phi) is 6.39. The highest BCUT2D eigenvalue weighted by Gasteiger charge is 1.95. The Bertz CT molecular complexity index is 287. The molecule has 0 aromatic heterocycles. The first-order valence-corrected chi connectivity index (χ1v) is 6.10. The zero-order valence-electron chi connectivity index (χ0n) is 10.2. The Morgan fingerprint density at radius 2 is 1.75 bits per heavy atom. The lowest BCUT2D eigenvalue weighted by molar-refractivity contribution is 0.414. The van der Waals surface area contributed by atoms with E-state index in [1.807, 2.05) is 18.2 Å². The molecule has 1 aromatic rings. The van der Waals surface area contributed by atoms with E-state index in [1.54, 1.807) is 7.11 Å². The maximum atomic E-state index is 5.13. The van der Waals surface area contributed by atoms with Crippen molar-refractivity contribution >= 4 is 0 Å². The van der Waals surface area contributed by atoms with E-state index in [9.17, 15) is 0 Å². The summed E-state index contributed by atoms with van der Waals surface area (Å²) in [7, 11) is 1.70. The molecule has 0 N–H and O–H groups in total. The third kappa shape index (κ3) is 5.01. The molecule has 1 nitrogen and oxygen atoms in total. The molecule has 0 spiro atoms. The molecular weight excluding hydrogens is 196 g/mol. The Morgan fingerprint density at radius 1 is 1.06 bits per heavy atom. The van der Waals surface area contributed by atoms with Gasteiger partial charge < -0.3 is 4.74 Å². The Morgan fingerprint density at radius 3 is 2.38 bits per heavy atom. The minimum Gasteiger partial charge on any atom is -0.497 e. The number of hydrogen-bond donors (Lipinski definition) is 0. The normalized spacial score (nSPS) is 10.1. The summed E-state index contributed by atoms with van der Waals surface area (Å²) >= 11 is 0. The summed E-state index contributed by atoms with van der Waals surface area (Å²) < 4.78 is 5.13. The van der Waals surface area contributed by atoms with Crippen LogP contribution in [0.2, 0.25) is 0 Å². The van der Waals surface area contributed by atoms with Crippen LogP contribution in [-0.2, 0) is 6.42 Å². The molecule has 0 atom stereocenters. The van der Waals surface area contributed by atoms with Gasteiger partial charge in [-0.3, -0.25) is 0 Å². The molecule has 1 heteroatoms. The van der Waals surface area contributed by atoms with Crippen molar-refractivity contribution in [3.8, 4) is 5.75 Å². The van der Waals surface area contributed by atoms with Gasteiger partial charge in [-0.1, -0.05) is 31.1 Å². The highest BCUT2D eigenvalue weighted by atomic mass is 16.5. The molecule has 88 valence electrons. The predicted octanol–water partition coefficient (Wildman–Crippen LogP) is 4.37. The third-order valence-corrected chi connectivity index (χ3v) is 2.78. The molecule has 0 amide bonds. The zero-order valence-corrected chi connectivity index (χ0v) is 10.2. The van der Waals surface area contributed by atoms with Crippen LogP contribution in [-0.4, -0.2) is 7.11 Å². The molecular formula is C15H22O. The van der Waals surface area contributed by atoms with Crippen molar-refractivity contribution in [3.63, 3.8) is 0 Å². The topological polar surface area (TPSA) is 9.23 Å². The number of rotatable bonds is 8. The summed E-state index contributed by atoms with van der Waals surface area (Å²) in [5.74, 6) is 0.940. The Labute approximate surface area is 99.1 Å².